The van der Waals surface area contributed by atoms with Crippen LogP contribution in [0.25, 0.3) is 92.8 Å². The largest absolute Gasteiger partial charge is 0.310 e. The summed E-state index contributed by atoms with van der Waals surface area (Å²) in [5.41, 5.74) is 11.7. The molecule has 0 saturated heterocycles. The molecule has 0 saturated carbocycles. The number of fused-ring (bicyclic) bond motifs is 9. The highest BCUT2D eigenvalue weighted by atomic mass is 15.1. The average Bonchev–Trinajstić information content (AvgIpc) is 3.66. The highest BCUT2D eigenvalue weighted by molar-refractivity contribution is 6.15. The van der Waals surface area contributed by atoms with Crippen molar-refractivity contribution in [2.75, 3.05) is 4.90 Å². The Morgan fingerprint density at radius 1 is 0.267 bits per heavy atom. The van der Waals surface area contributed by atoms with Crippen LogP contribution in [0.5, 0.6) is 0 Å². The topological polar surface area (TPSA) is 8.17 Å². The number of nitrogens with zero attached hydrogens (tertiary/aromatic N) is 2. The average molecular weight is 763 g/mol. The molecule has 0 fully saturated rings. The van der Waals surface area contributed by atoms with E-state index in [0.29, 0.717) is 0 Å². The number of benzene rings is 11. The van der Waals surface area contributed by atoms with Crippen LogP contribution in [-0.2, 0) is 0 Å². The van der Waals surface area contributed by atoms with E-state index in [1.54, 1.807) is 0 Å². The fraction of sp³-hybridized carbons (Fsp3) is 0. The second kappa shape index (κ2) is 13.9. The van der Waals surface area contributed by atoms with E-state index in [0.717, 1.165) is 22.7 Å². The van der Waals surface area contributed by atoms with E-state index in [-0.39, 0.29) is 0 Å². The van der Waals surface area contributed by atoms with Crippen LogP contribution in [0.15, 0.2) is 231 Å². The van der Waals surface area contributed by atoms with Crippen LogP contribution in [0.2, 0.25) is 0 Å². The first kappa shape index (κ1) is 34.1. The third-order valence-electron chi connectivity index (χ3n) is 12.3. The lowest BCUT2D eigenvalue weighted by Crippen LogP contribution is -2.10. The van der Waals surface area contributed by atoms with E-state index < -0.39 is 0 Å². The lowest BCUT2D eigenvalue weighted by molar-refractivity contribution is 1.18. The second-order valence-electron chi connectivity index (χ2n) is 15.7. The van der Waals surface area contributed by atoms with E-state index >= 15 is 0 Å². The van der Waals surface area contributed by atoms with Gasteiger partial charge >= 0.3 is 0 Å². The van der Waals surface area contributed by atoms with Crippen molar-refractivity contribution in [1.82, 2.24) is 4.57 Å². The van der Waals surface area contributed by atoms with Crippen molar-refractivity contribution in [2.45, 2.75) is 0 Å². The molecule has 60 heavy (non-hydrogen) atoms. The van der Waals surface area contributed by atoms with E-state index in [9.17, 15) is 0 Å². The molecule has 0 radical (unpaired) electrons. The molecule has 1 aromatic heterocycles. The molecular formula is C58H38N2. The van der Waals surface area contributed by atoms with Gasteiger partial charge in [0.25, 0.3) is 0 Å². The Bertz CT molecular complexity index is 3420. The minimum atomic E-state index is 1.10. The fourth-order valence-corrected chi connectivity index (χ4v) is 9.57. The third-order valence-corrected chi connectivity index (χ3v) is 12.3. The summed E-state index contributed by atoms with van der Waals surface area (Å²) in [4.78, 5) is 2.40. The minimum absolute atomic E-state index is 1.10. The first-order valence-electron chi connectivity index (χ1n) is 20.7. The van der Waals surface area contributed by atoms with E-state index in [4.69, 9.17) is 0 Å². The van der Waals surface area contributed by atoms with Gasteiger partial charge in [0.2, 0.25) is 0 Å². The third kappa shape index (κ3) is 5.50. The first-order chi connectivity index (χ1) is 29.8. The number of hydrogen-bond donors (Lipinski definition) is 0. The van der Waals surface area contributed by atoms with Gasteiger partial charge in [-0.15, -0.1) is 0 Å². The molecule has 0 aliphatic carbocycles. The van der Waals surface area contributed by atoms with E-state index in [1.807, 2.05) is 0 Å². The normalized spacial score (nSPS) is 11.7. The fourth-order valence-electron chi connectivity index (χ4n) is 9.57. The van der Waals surface area contributed by atoms with Gasteiger partial charge in [-0.1, -0.05) is 158 Å². The van der Waals surface area contributed by atoms with Gasteiger partial charge in [0.15, 0.2) is 0 Å². The molecule has 0 spiro atoms. The lowest BCUT2D eigenvalue weighted by Gasteiger charge is -2.26. The molecule has 0 bridgehead atoms. The van der Waals surface area contributed by atoms with Crippen molar-refractivity contribution in [3.05, 3.63) is 231 Å². The van der Waals surface area contributed by atoms with Crippen molar-refractivity contribution >= 4 is 82.0 Å². The molecule has 2 nitrogen and oxygen atoms in total. The lowest BCUT2D eigenvalue weighted by atomic mass is 9.93. The Hall–Kier alpha value is -7.94. The SMILES string of the molecule is c1ccc(-n2c3ccccc3c3cc(N(c4ccc(-c5cc6ccccc6c6ccccc56)cc4)c4ccc(-c5cc6ccccc6c6ccccc56)cc4)ccc32)cc1. The summed E-state index contributed by atoms with van der Waals surface area (Å²) in [7, 11) is 0. The summed E-state index contributed by atoms with van der Waals surface area (Å²) in [6.07, 6.45) is 0. The first-order valence-corrected chi connectivity index (χ1v) is 20.7. The van der Waals surface area contributed by atoms with Gasteiger partial charge in [-0.25, -0.2) is 0 Å². The minimum Gasteiger partial charge on any atom is -0.310 e. The molecule has 0 aliphatic heterocycles. The van der Waals surface area contributed by atoms with Gasteiger partial charge in [-0.2, -0.15) is 0 Å². The van der Waals surface area contributed by atoms with Gasteiger partial charge in [0, 0.05) is 33.5 Å². The molecule has 12 aromatic rings. The van der Waals surface area contributed by atoms with Crippen molar-refractivity contribution in [3.63, 3.8) is 0 Å². The quantitative estimate of drug-likeness (QED) is 0.153. The Balaban J connectivity index is 1.03. The van der Waals surface area contributed by atoms with Crippen LogP contribution in [0, 0.1) is 0 Å². The molecular weight excluding hydrogens is 725 g/mol. The number of aromatic nitrogens is 1. The zero-order chi connectivity index (χ0) is 39.6. The van der Waals surface area contributed by atoms with Gasteiger partial charge < -0.3 is 9.47 Å². The van der Waals surface area contributed by atoms with E-state index in [1.165, 1.54) is 87.1 Å². The maximum absolute atomic E-state index is 2.40. The summed E-state index contributed by atoms with van der Waals surface area (Å²) in [5.74, 6) is 0. The van der Waals surface area contributed by atoms with Crippen LogP contribution in [0.1, 0.15) is 0 Å². The van der Waals surface area contributed by atoms with Crippen molar-refractivity contribution in [2.24, 2.45) is 0 Å². The van der Waals surface area contributed by atoms with Crippen LogP contribution < -0.4 is 4.90 Å². The number of anilines is 3. The Morgan fingerprint density at radius 2 is 0.683 bits per heavy atom. The maximum Gasteiger partial charge on any atom is 0.0542 e. The van der Waals surface area contributed by atoms with Crippen molar-refractivity contribution < 1.29 is 0 Å². The highest BCUT2D eigenvalue weighted by Gasteiger charge is 2.19. The molecule has 1 heterocycles. The Labute approximate surface area is 348 Å². The van der Waals surface area contributed by atoms with Gasteiger partial charge in [0.05, 0.1) is 11.0 Å². The predicted molar refractivity (Wildman–Crippen MR) is 256 cm³/mol. The number of para-hydroxylation sites is 2. The van der Waals surface area contributed by atoms with Crippen LogP contribution in [-0.4, -0.2) is 4.57 Å². The molecule has 11 aromatic carbocycles. The van der Waals surface area contributed by atoms with Crippen LogP contribution in [0.3, 0.4) is 0 Å². The molecule has 12 rings (SSSR count). The second-order valence-corrected chi connectivity index (χ2v) is 15.7. The zero-order valence-electron chi connectivity index (χ0n) is 32.8. The van der Waals surface area contributed by atoms with Crippen molar-refractivity contribution in [1.29, 1.82) is 0 Å². The summed E-state index contributed by atoms with van der Waals surface area (Å²) in [6.45, 7) is 0. The van der Waals surface area contributed by atoms with E-state index in [2.05, 4.69) is 240 Å². The molecule has 280 valence electrons. The van der Waals surface area contributed by atoms with Crippen LogP contribution in [0.4, 0.5) is 17.1 Å². The molecule has 2 heteroatoms. The van der Waals surface area contributed by atoms with Gasteiger partial charge in [-0.3, -0.25) is 0 Å². The monoisotopic (exact) mass is 762 g/mol. The molecule has 0 amide bonds. The van der Waals surface area contributed by atoms with Gasteiger partial charge in [-0.05, 0) is 138 Å². The molecule has 0 atom stereocenters. The smallest absolute Gasteiger partial charge is 0.0542 e. The summed E-state index contributed by atoms with van der Waals surface area (Å²) >= 11 is 0. The summed E-state index contributed by atoms with van der Waals surface area (Å²) in [6, 6.07) is 84.3. The highest BCUT2D eigenvalue weighted by Crippen LogP contribution is 2.43. The molecule has 0 unspecified atom stereocenters. The standard InChI is InChI=1S/C58H38N2/c1-2-16-43(17-3-1)60-57-25-13-12-24-53(57)56-38-46(34-35-58(56)60)59(44-30-26-39(27-31-44)54-36-41-14-4-6-18-47(41)49-20-8-10-22-51(49)54)45-32-28-40(29-33-45)55-37-42-15-5-7-19-48(42)50-21-9-11-23-52(50)55/h1-38H. The predicted octanol–water partition coefficient (Wildman–Crippen LogP) is 16.2. The summed E-state index contributed by atoms with van der Waals surface area (Å²) < 4.78 is 2.38. The van der Waals surface area contributed by atoms with Crippen LogP contribution >= 0.6 is 0 Å². The molecule has 0 aliphatic rings. The Morgan fingerprint density at radius 3 is 1.23 bits per heavy atom. The van der Waals surface area contributed by atoms with Crippen molar-refractivity contribution in [3.8, 4) is 27.9 Å². The maximum atomic E-state index is 2.40. The molecule has 0 N–H and O–H groups in total. The van der Waals surface area contributed by atoms with Gasteiger partial charge in [0.1, 0.15) is 0 Å². The number of rotatable bonds is 6. The Kier molecular flexibility index (Phi) is 7.89. The summed E-state index contributed by atoms with van der Waals surface area (Å²) in [5, 5.41) is 12.6. The zero-order valence-corrected chi connectivity index (χ0v) is 32.8. The number of hydrogen-bond acceptors (Lipinski definition) is 1.